The normalized spacial score (nSPS) is 10.0. The molecule has 0 saturated heterocycles. The van der Waals surface area contributed by atoms with Crippen molar-refractivity contribution in [1.82, 2.24) is 9.55 Å². The van der Waals surface area contributed by atoms with Gasteiger partial charge in [-0.1, -0.05) is 42.2 Å². The number of aromatic nitrogens is 2. The molecule has 2 heteroatoms. The van der Waals surface area contributed by atoms with Gasteiger partial charge in [0.2, 0.25) is 0 Å². The summed E-state index contributed by atoms with van der Waals surface area (Å²) in [5.41, 5.74) is 3.18. The highest BCUT2D eigenvalue weighted by Gasteiger charge is 1.98. The molecule has 0 aliphatic heterocycles. The predicted molar refractivity (Wildman–Crippen MR) is 73.1 cm³/mol. The topological polar surface area (TPSA) is 17.8 Å². The van der Waals surface area contributed by atoms with Crippen molar-refractivity contribution < 1.29 is 0 Å². The molecule has 2 nitrogen and oxygen atoms in total. The second kappa shape index (κ2) is 4.77. The Labute approximate surface area is 106 Å². The van der Waals surface area contributed by atoms with Gasteiger partial charge in [-0.2, -0.15) is 0 Å². The van der Waals surface area contributed by atoms with Gasteiger partial charge in [0.15, 0.2) is 0 Å². The van der Waals surface area contributed by atoms with Crippen LogP contribution in [-0.2, 0) is 6.54 Å². The average molecular weight is 232 g/mol. The molecule has 1 aromatic heterocycles. The largest absolute Gasteiger partial charge is 0.319 e. The summed E-state index contributed by atoms with van der Waals surface area (Å²) in [6.07, 6.45) is 1.84. The van der Waals surface area contributed by atoms with Crippen LogP contribution in [0.25, 0.3) is 11.0 Å². The van der Waals surface area contributed by atoms with Gasteiger partial charge in [0.1, 0.15) is 0 Å². The number of nitrogens with zero attached hydrogens (tertiary/aromatic N) is 2. The van der Waals surface area contributed by atoms with Crippen LogP contribution in [0.1, 0.15) is 5.56 Å². The molecule has 2 aromatic carbocycles. The number of fused-ring (bicyclic) bond motifs is 1. The van der Waals surface area contributed by atoms with Crippen LogP contribution < -0.4 is 0 Å². The van der Waals surface area contributed by atoms with Gasteiger partial charge in [-0.25, -0.2) is 4.98 Å². The molecular formula is C16H12N2. The summed E-state index contributed by atoms with van der Waals surface area (Å²) in [5, 5.41) is 0. The summed E-state index contributed by atoms with van der Waals surface area (Å²) in [6, 6.07) is 18.1. The fourth-order valence-corrected chi connectivity index (χ4v) is 1.88. The van der Waals surface area contributed by atoms with E-state index in [0.29, 0.717) is 6.54 Å². The fraction of sp³-hybridized carbons (Fsp3) is 0.0625. The van der Waals surface area contributed by atoms with E-state index in [1.54, 1.807) is 0 Å². The summed E-state index contributed by atoms with van der Waals surface area (Å²) >= 11 is 0. The SMILES string of the molecule is C(#Cc1ccccc1)Cn1cnc2ccccc21. The minimum Gasteiger partial charge on any atom is -0.319 e. The lowest BCUT2D eigenvalue weighted by atomic mass is 10.2. The summed E-state index contributed by atoms with van der Waals surface area (Å²) in [5.74, 6) is 6.32. The summed E-state index contributed by atoms with van der Waals surface area (Å²) in [4.78, 5) is 4.34. The lowest BCUT2D eigenvalue weighted by molar-refractivity contribution is 0.870. The van der Waals surface area contributed by atoms with Crippen molar-refractivity contribution in [2.24, 2.45) is 0 Å². The third-order valence-electron chi connectivity index (χ3n) is 2.78. The van der Waals surface area contributed by atoms with Crippen LogP contribution in [0.2, 0.25) is 0 Å². The molecule has 3 aromatic rings. The third kappa shape index (κ3) is 2.11. The fourth-order valence-electron chi connectivity index (χ4n) is 1.88. The molecule has 0 unspecified atom stereocenters. The molecule has 0 aliphatic carbocycles. The van der Waals surface area contributed by atoms with Crippen molar-refractivity contribution in [3.63, 3.8) is 0 Å². The van der Waals surface area contributed by atoms with Gasteiger partial charge in [0, 0.05) is 5.56 Å². The molecule has 86 valence electrons. The molecule has 0 radical (unpaired) electrons. The van der Waals surface area contributed by atoms with Gasteiger partial charge in [0.05, 0.1) is 23.9 Å². The lowest BCUT2D eigenvalue weighted by Crippen LogP contribution is -1.92. The van der Waals surface area contributed by atoms with Crippen molar-refractivity contribution in [3.05, 3.63) is 66.5 Å². The highest BCUT2D eigenvalue weighted by molar-refractivity contribution is 5.75. The number of rotatable bonds is 1. The minimum absolute atomic E-state index is 0.662. The first-order valence-corrected chi connectivity index (χ1v) is 5.87. The van der Waals surface area contributed by atoms with Crippen LogP contribution in [0.5, 0.6) is 0 Å². The molecule has 0 spiro atoms. The first-order chi connectivity index (χ1) is 8.93. The van der Waals surface area contributed by atoms with Gasteiger partial charge in [-0.15, -0.1) is 0 Å². The maximum Gasteiger partial charge on any atom is 0.0966 e. The third-order valence-corrected chi connectivity index (χ3v) is 2.78. The van der Waals surface area contributed by atoms with E-state index in [4.69, 9.17) is 0 Å². The number of para-hydroxylation sites is 2. The predicted octanol–water partition coefficient (Wildman–Crippen LogP) is 3.09. The Morgan fingerprint density at radius 2 is 1.72 bits per heavy atom. The Kier molecular flexibility index (Phi) is 2.81. The lowest BCUT2D eigenvalue weighted by Gasteiger charge is -1.96. The molecular weight excluding hydrogens is 220 g/mol. The molecule has 0 aliphatic rings. The van der Waals surface area contributed by atoms with Gasteiger partial charge >= 0.3 is 0 Å². The van der Waals surface area contributed by atoms with E-state index in [2.05, 4.69) is 27.5 Å². The van der Waals surface area contributed by atoms with E-state index in [1.807, 2.05) is 54.9 Å². The van der Waals surface area contributed by atoms with Gasteiger partial charge < -0.3 is 4.57 Å². The van der Waals surface area contributed by atoms with E-state index in [1.165, 1.54) is 0 Å². The van der Waals surface area contributed by atoms with Crippen LogP contribution in [0.3, 0.4) is 0 Å². The average Bonchev–Trinajstić information content (AvgIpc) is 2.84. The van der Waals surface area contributed by atoms with Gasteiger partial charge in [-0.05, 0) is 24.3 Å². The van der Waals surface area contributed by atoms with Crippen LogP contribution in [0.4, 0.5) is 0 Å². The quantitative estimate of drug-likeness (QED) is 0.589. The van der Waals surface area contributed by atoms with Gasteiger partial charge in [0.25, 0.3) is 0 Å². The van der Waals surface area contributed by atoms with Crippen LogP contribution in [0.15, 0.2) is 60.9 Å². The molecule has 1 heterocycles. The molecule has 0 saturated carbocycles. The molecule has 18 heavy (non-hydrogen) atoms. The van der Waals surface area contributed by atoms with E-state index < -0.39 is 0 Å². The Bertz CT molecular complexity index is 715. The van der Waals surface area contributed by atoms with E-state index in [-0.39, 0.29) is 0 Å². The minimum atomic E-state index is 0.662. The molecule has 0 atom stereocenters. The standard InChI is InChI=1S/C16H12N2/c1-2-7-14(8-3-1)9-6-12-18-13-17-15-10-4-5-11-16(15)18/h1-5,7-8,10-11,13H,12H2. The molecule has 3 rings (SSSR count). The van der Waals surface area contributed by atoms with Crippen molar-refractivity contribution in [3.8, 4) is 11.8 Å². The van der Waals surface area contributed by atoms with E-state index in [9.17, 15) is 0 Å². The maximum absolute atomic E-state index is 4.34. The molecule has 0 fully saturated rings. The number of benzene rings is 2. The Morgan fingerprint density at radius 1 is 0.944 bits per heavy atom. The zero-order valence-electron chi connectivity index (χ0n) is 9.88. The van der Waals surface area contributed by atoms with Crippen LogP contribution in [0, 0.1) is 11.8 Å². The Hall–Kier alpha value is -2.53. The molecule has 0 bridgehead atoms. The first kappa shape index (κ1) is 10.6. The van der Waals surface area contributed by atoms with Crippen LogP contribution in [-0.4, -0.2) is 9.55 Å². The van der Waals surface area contributed by atoms with E-state index in [0.717, 1.165) is 16.6 Å². The number of imidazole rings is 1. The monoisotopic (exact) mass is 232 g/mol. The summed E-state index contributed by atoms with van der Waals surface area (Å²) < 4.78 is 2.06. The van der Waals surface area contributed by atoms with Crippen molar-refractivity contribution >= 4 is 11.0 Å². The van der Waals surface area contributed by atoms with Crippen LogP contribution >= 0.6 is 0 Å². The Balaban J connectivity index is 1.84. The highest BCUT2D eigenvalue weighted by Crippen LogP contribution is 2.10. The second-order valence-electron chi connectivity index (χ2n) is 4.03. The second-order valence-corrected chi connectivity index (χ2v) is 4.03. The Morgan fingerprint density at radius 3 is 2.61 bits per heavy atom. The number of hydrogen-bond acceptors (Lipinski definition) is 1. The first-order valence-electron chi connectivity index (χ1n) is 5.87. The summed E-state index contributed by atoms with van der Waals surface area (Å²) in [7, 11) is 0. The van der Waals surface area contributed by atoms with Crippen molar-refractivity contribution in [1.29, 1.82) is 0 Å². The van der Waals surface area contributed by atoms with Crippen molar-refractivity contribution in [2.45, 2.75) is 6.54 Å². The number of hydrogen-bond donors (Lipinski definition) is 0. The smallest absolute Gasteiger partial charge is 0.0966 e. The van der Waals surface area contributed by atoms with Gasteiger partial charge in [-0.3, -0.25) is 0 Å². The molecule has 0 amide bonds. The highest BCUT2D eigenvalue weighted by atomic mass is 15.0. The van der Waals surface area contributed by atoms with Crippen molar-refractivity contribution in [2.75, 3.05) is 0 Å². The van der Waals surface area contributed by atoms with E-state index >= 15 is 0 Å². The molecule has 0 N–H and O–H groups in total. The summed E-state index contributed by atoms with van der Waals surface area (Å²) in [6.45, 7) is 0.662. The zero-order valence-corrected chi connectivity index (χ0v) is 9.88. The maximum atomic E-state index is 4.34. The zero-order chi connectivity index (χ0) is 12.2.